The largest absolute Gasteiger partial charge is 0.349 e. The maximum absolute atomic E-state index is 13.5. The number of nitrogens with one attached hydrogen (secondary N) is 2. The molecule has 1 fully saturated rings. The van der Waals surface area contributed by atoms with Gasteiger partial charge in [0.25, 0.3) is 5.91 Å². The molecule has 1 aliphatic heterocycles. The van der Waals surface area contributed by atoms with Gasteiger partial charge in [0, 0.05) is 28.6 Å². The first-order valence-electron chi connectivity index (χ1n) is 12.4. The molecule has 2 aromatic carbocycles. The minimum atomic E-state index is -3.30. The fraction of sp³-hybridized carbons (Fsp3) is 0.357. The number of pyridine rings is 1. The predicted molar refractivity (Wildman–Crippen MR) is 144 cm³/mol. The minimum Gasteiger partial charge on any atom is -0.349 e. The summed E-state index contributed by atoms with van der Waals surface area (Å²) in [6.45, 7) is 7.55. The average Bonchev–Trinajstić information content (AvgIpc) is 3.25. The lowest BCUT2D eigenvalue weighted by Gasteiger charge is -2.29. The highest BCUT2D eigenvalue weighted by molar-refractivity contribution is 7.91. The van der Waals surface area contributed by atoms with Crippen molar-refractivity contribution in [1.29, 1.82) is 0 Å². The lowest BCUT2D eigenvalue weighted by atomic mass is 9.93. The Balaban J connectivity index is 1.66. The third-order valence-corrected chi connectivity index (χ3v) is 9.08. The van der Waals surface area contributed by atoms with Crippen LogP contribution in [0.25, 0.3) is 33.1 Å². The molecule has 0 saturated carbocycles. The Morgan fingerprint density at radius 2 is 1.83 bits per heavy atom. The molecular weight excluding hydrogens is 472 g/mol. The van der Waals surface area contributed by atoms with Crippen LogP contribution in [0.2, 0.25) is 0 Å². The average molecular weight is 505 g/mol. The number of carbonyl (C=O) groups is 1. The molecule has 0 spiro atoms. The zero-order valence-electron chi connectivity index (χ0n) is 21.2. The summed E-state index contributed by atoms with van der Waals surface area (Å²) in [5.74, 6) is -0.0336. The SMILES string of the molecule is CCS(=O)(=O)c1ccc(-c2cc(C(=O)NC3CCN(C)CC3)c(C)c3[nH]c4ncc(C)cc4c23)cc1. The summed E-state index contributed by atoms with van der Waals surface area (Å²) in [6, 6.07) is 11.1. The molecular formula is C28H32N4O3S. The van der Waals surface area contributed by atoms with E-state index in [9.17, 15) is 13.2 Å². The Hall–Kier alpha value is -3.23. The Kier molecular flexibility index (Phi) is 6.34. The molecule has 0 unspecified atom stereocenters. The van der Waals surface area contributed by atoms with E-state index in [0.717, 1.165) is 70.1 Å². The molecule has 1 amide bonds. The first kappa shape index (κ1) is 24.5. The molecule has 2 N–H and O–H groups in total. The van der Waals surface area contributed by atoms with Crippen molar-refractivity contribution in [3.63, 3.8) is 0 Å². The van der Waals surface area contributed by atoms with E-state index in [1.165, 1.54) is 0 Å². The number of amides is 1. The van der Waals surface area contributed by atoms with E-state index in [2.05, 4.69) is 33.3 Å². The van der Waals surface area contributed by atoms with E-state index in [0.29, 0.717) is 10.5 Å². The van der Waals surface area contributed by atoms with Crippen molar-refractivity contribution in [2.24, 2.45) is 0 Å². The van der Waals surface area contributed by atoms with Gasteiger partial charge in [-0.25, -0.2) is 13.4 Å². The van der Waals surface area contributed by atoms with Gasteiger partial charge in [-0.3, -0.25) is 4.79 Å². The highest BCUT2D eigenvalue weighted by Crippen LogP contribution is 2.38. The Morgan fingerprint density at radius 3 is 2.50 bits per heavy atom. The second kappa shape index (κ2) is 9.33. The lowest BCUT2D eigenvalue weighted by Crippen LogP contribution is -2.43. The second-order valence-electron chi connectivity index (χ2n) is 9.86. The Morgan fingerprint density at radius 1 is 1.14 bits per heavy atom. The summed E-state index contributed by atoms with van der Waals surface area (Å²) in [4.78, 5) is 24.1. The van der Waals surface area contributed by atoms with Gasteiger partial charge >= 0.3 is 0 Å². The number of H-pyrrole nitrogens is 1. The van der Waals surface area contributed by atoms with Crippen molar-refractivity contribution in [2.75, 3.05) is 25.9 Å². The molecule has 1 saturated heterocycles. The molecule has 0 atom stereocenters. The number of hydrogen-bond acceptors (Lipinski definition) is 5. The molecule has 188 valence electrons. The molecule has 2 aromatic heterocycles. The Bertz CT molecular complexity index is 1560. The topological polar surface area (TPSA) is 95.2 Å². The Labute approximate surface area is 211 Å². The van der Waals surface area contributed by atoms with Gasteiger partial charge in [-0.15, -0.1) is 0 Å². The van der Waals surface area contributed by atoms with Crippen LogP contribution in [0.3, 0.4) is 0 Å². The number of fused-ring (bicyclic) bond motifs is 3. The van der Waals surface area contributed by atoms with E-state index in [4.69, 9.17) is 0 Å². The van der Waals surface area contributed by atoms with Crippen molar-refractivity contribution in [3.8, 4) is 11.1 Å². The summed E-state index contributed by atoms with van der Waals surface area (Å²) in [5.41, 5.74) is 5.90. The number of aromatic amines is 1. The minimum absolute atomic E-state index is 0.0514. The van der Waals surface area contributed by atoms with Crippen molar-refractivity contribution in [3.05, 3.63) is 59.3 Å². The first-order valence-corrected chi connectivity index (χ1v) is 14.1. The van der Waals surface area contributed by atoms with Gasteiger partial charge in [-0.1, -0.05) is 19.1 Å². The number of rotatable bonds is 5. The normalized spacial score (nSPS) is 15.6. The summed E-state index contributed by atoms with van der Waals surface area (Å²) < 4.78 is 24.7. The van der Waals surface area contributed by atoms with Crippen LogP contribution in [0.4, 0.5) is 0 Å². The van der Waals surface area contributed by atoms with E-state index in [1.807, 2.05) is 38.2 Å². The van der Waals surface area contributed by atoms with E-state index in [1.54, 1.807) is 19.1 Å². The molecule has 4 aromatic rings. The van der Waals surface area contributed by atoms with E-state index >= 15 is 0 Å². The number of piperidine rings is 1. The summed E-state index contributed by atoms with van der Waals surface area (Å²) in [6.07, 6.45) is 3.68. The number of nitrogens with zero attached hydrogens (tertiary/aromatic N) is 2. The monoisotopic (exact) mass is 504 g/mol. The number of likely N-dealkylation sites (tertiary alicyclic amines) is 1. The number of sulfone groups is 1. The van der Waals surface area contributed by atoms with Gasteiger partial charge in [0.1, 0.15) is 5.65 Å². The molecule has 0 bridgehead atoms. The quantitative estimate of drug-likeness (QED) is 0.414. The van der Waals surface area contributed by atoms with E-state index in [-0.39, 0.29) is 17.7 Å². The van der Waals surface area contributed by atoms with Crippen LogP contribution in [-0.4, -0.2) is 61.1 Å². The molecule has 7 nitrogen and oxygen atoms in total. The second-order valence-corrected chi connectivity index (χ2v) is 12.1. The number of aromatic nitrogens is 2. The third-order valence-electron chi connectivity index (χ3n) is 7.33. The molecule has 8 heteroatoms. The van der Waals surface area contributed by atoms with Gasteiger partial charge in [0.15, 0.2) is 9.84 Å². The van der Waals surface area contributed by atoms with Crippen LogP contribution in [-0.2, 0) is 9.84 Å². The van der Waals surface area contributed by atoms with Crippen LogP contribution < -0.4 is 5.32 Å². The molecule has 5 rings (SSSR count). The van der Waals surface area contributed by atoms with Crippen molar-refractivity contribution >= 4 is 37.7 Å². The van der Waals surface area contributed by atoms with Crippen LogP contribution in [0.5, 0.6) is 0 Å². The first-order chi connectivity index (χ1) is 17.2. The van der Waals surface area contributed by atoms with Crippen molar-refractivity contribution in [2.45, 2.75) is 44.6 Å². The van der Waals surface area contributed by atoms with Crippen LogP contribution >= 0.6 is 0 Å². The maximum Gasteiger partial charge on any atom is 0.251 e. The van der Waals surface area contributed by atoms with Crippen molar-refractivity contribution < 1.29 is 13.2 Å². The van der Waals surface area contributed by atoms with Crippen LogP contribution in [0.1, 0.15) is 41.3 Å². The van der Waals surface area contributed by atoms with Gasteiger partial charge in [-0.2, -0.15) is 0 Å². The predicted octanol–water partition coefficient (Wildman–Crippen LogP) is 4.62. The highest BCUT2D eigenvalue weighted by atomic mass is 32.2. The van der Waals surface area contributed by atoms with Crippen molar-refractivity contribution in [1.82, 2.24) is 20.2 Å². The zero-order chi connectivity index (χ0) is 25.6. The maximum atomic E-state index is 13.5. The highest BCUT2D eigenvalue weighted by Gasteiger charge is 2.24. The summed E-state index contributed by atoms with van der Waals surface area (Å²) in [5, 5.41) is 5.21. The number of aryl methyl sites for hydroxylation is 2. The third kappa shape index (κ3) is 4.40. The lowest BCUT2D eigenvalue weighted by molar-refractivity contribution is 0.0916. The fourth-order valence-electron chi connectivity index (χ4n) is 5.08. The molecule has 0 radical (unpaired) electrons. The number of benzene rings is 2. The standard InChI is InChI=1S/C28H32N4O3S/c1-5-36(34,35)21-8-6-19(7-9-21)23-15-22(28(33)30-20-10-12-32(4)13-11-20)18(3)26-25(23)24-14-17(2)16-29-27(24)31-26/h6-9,14-16,20H,5,10-13H2,1-4H3,(H,29,31)(H,30,33). The van der Waals surface area contributed by atoms with Gasteiger partial charge in [-0.05, 0) is 93.3 Å². The fourth-order valence-corrected chi connectivity index (χ4v) is 5.97. The molecule has 1 aliphatic rings. The number of hydrogen-bond donors (Lipinski definition) is 2. The van der Waals surface area contributed by atoms with Gasteiger partial charge in [0.05, 0.1) is 16.2 Å². The summed E-state index contributed by atoms with van der Waals surface area (Å²) >= 11 is 0. The molecule has 36 heavy (non-hydrogen) atoms. The smallest absolute Gasteiger partial charge is 0.251 e. The van der Waals surface area contributed by atoms with Gasteiger partial charge < -0.3 is 15.2 Å². The van der Waals surface area contributed by atoms with Crippen LogP contribution in [0.15, 0.2) is 47.5 Å². The molecule has 0 aliphatic carbocycles. The van der Waals surface area contributed by atoms with Gasteiger partial charge in [0.2, 0.25) is 0 Å². The van der Waals surface area contributed by atoms with E-state index < -0.39 is 9.84 Å². The summed E-state index contributed by atoms with van der Waals surface area (Å²) in [7, 11) is -1.20. The molecule has 3 heterocycles. The van der Waals surface area contributed by atoms with Crippen LogP contribution in [0, 0.1) is 13.8 Å². The zero-order valence-corrected chi connectivity index (χ0v) is 22.0. The number of carbonyl (C=O) groups excluding carboxylic acids is 1.